The van der Waals surface area contributed by atoms with Crippen molar-refractivity contribution >= 4 is 39.9 Å². The molecular weight excluding hydrogens is 534 g/mol. The number of rotatable bonds is 11. The number of nitrogens with zero attached hydrogens (tertiary/aromatic N) is 3. The molecule has 0 fully saturated rings. The molecule has 4 aromatic rings. The van der Waals surface area contributed by atoms with Crippen molar-refractivity contribution in [1.29, 1.82) is 0 Å². The number of hydrogen-bond donors (Lipinski definition) is 1. The Morgan fingerprint density at radius 2 is 1.95 bits per heavy atom. The molecule has 3 heterocycles. The van der Waals surface area contributed by atoms with Gasteiger partial charge in [0.1, 0.15) is 11.5 Å². The zero-order valence-electron chi connectivity index (χ0n) is 21.5. The van der Waals surface area contributed by atoms with Crippen LogP contribution in [0.5, 0.6) is 5.75 Å². The third-order valence-electron chi connectivity index (χ3n) is 6.16. The van der Waals surface area contributed by atoms with Crippen LogP contribution in [0.1, 0.15) is 53.2 Å². The second-order valence-corrected chi connectivity index (χ2v) is 11.2. The summed E-state index contributed by atoms with van der Waals surface area (Å²) in [5, 5.41) is 19.8. The number of unbranched alkanes of at least 4 members (excludes halogenated alkanes) is 1. The molecule has 1 unspecified atom stereocenters. The van der Waals surface area contributed by atoms with E-state index in [1.54, 1.807) is 31.2 Å². The maximum absolute atomic E-state index is 13.6. The summed E-state index contributed by atoms with van der Waals surface area (Å²) in [6.07, 6.45) is 1.89. The molecule has 1 aliphatic rings. The number of furan rings is 1. The van der Waals surface area contributed by atoms with E-state index in [0.717, 1.165) is 18.4 Å². The van der Waals surface area contributed by atoms with Crippen molar-refractivity contribution < 1.29 is 23.8 Å². The molecule has 1 N–H and O–H groups in total. The Morgan fingerprint density at radius 1 is 1.13 bits per heavy atom. The molecule has 8 nitrogen and oxygen atoms in total. The molecule has 1 atom stereocenters. The van der Waals surface area contributed by atoms with Gasteiger partial charge in [0.15, 0.2) is 15.9 Å². The van der Waals surface area contributed by atoms with E-state index in [1.165, 1.54) is 34.1 Å². The number of aromatic nitrogens is 2. The van der Waals surface area contributed by atoms with Gasteiger partial charge in [-0.15, -0.1) is 10.2 Å². The highest BCUT2D eigenvalue weighted by Crippen LogP contribution is 2.44. The van der Waals surface area contributed by atoms with Gasteiger partial charge in [0, 0.05) is 5.75 Å². The fourth-order valence-corrected chi connectivity index (χ4v) is 6.05. The van der Waals surface area contributed by atoms with Crippen LogP contribution in [0.3, 0.4) is 0 Å². The van der Waals surface area contributed by atoms with Crippen LogP contribution in [0.25, 0.3) is 0 Å². The number of aliphatic hydroxyl groups is 1. The molecule has 2 aromatic carbocycles. The highest BCUT2D eigenvalue weighted by molar-refractivity contribution is 8.00. The standard InChI is InChI=1S/C29H27N3O5S2/c1-3-4-15-36-21-12-8-11-20(16-21)24-23(25(33)22-14-13-18(2)37-22)26(34)27(35)32(24)28-30-31-29(39-28)38-17-19-9-6-5-7-10-19/h5-14,16,24,34H,3-4,15,17H2,1-2H3. The molecule has 0 saturated carbocycles. The van der Waals surface area contributed by atoms with Crippen molar-refractivity contribution in [2.45, 2.75) is 42.8 Å². The van der Waals surface area contributed by atoms with Crippen LogP contribution in [-0.4, -0.2) is 33.6 Å². The number of carbonyl (C=O) groups is 2. The van der Waals surface area contributed by atoms with Crippen molar-refractivity contribution in [1.82, 2.24) is 10.2 Å². The Balaban J connectivity index is 1.50. The van der Waals surface area contributed by atoms with Crippen molar-refractivity contribution in [3.05, 3.63) is 101 Å². The zero-order chi connectivity index (χ0) is 27.4. The summed E-state index contributed by atoms with van der Waals surface area (Å²) in [4.78, 5) is 28.4. The topological polar surface area (TPSA) is 106 Å². The van der Waals surface area contributed by atoms with Gasteiger partial charge in [-0.25, -0.2) is 0 Å². The van der Waals surface area contributed by atoms with E-state index in [4.69, 9.17) is 9.15 Å². The number of aliphatic hydroxyl groups excluding tert-OH is 1. The number of anilines is 1. The van der Waals surface area contributed by atoms with Crippen molar-refractivity contribution in [3.63, 3.8) is 0 Å². The molecule has 1 amide bonds. The number of Topliss-reactive ketones (excluding diaryl/α,β-unsaturated/α-hetero) is 1. The first-order valence-electron chi connectivity index (χ1n) is 12.6. The van der Waals surface area contributed by atoms with Crippen LogP contribution in [0.2, 0.25) is 0 Å². The lowest BCUT2D eigenvalue weighted by atomic mass is 9.95. The zero-order valence-corrected chi connectivity index (χ0v) is 23.1. The average Bonchev–Trinajstić information content (AvgIpc) is 3.66. The molecule has 0 spiro atoms. The summed E-state index contributed by atoms with van der Waals surface area (Å²) in [5.74, 6) is -0.0368. The molecule has 0 aliphatic carbocycles. The van der Waals surface area contributed by atoms with E-state index in [-0.39, 0.29) is 16.5 Å². The number of amides is 1. The van der Waals surface area contributed by atoms with E-state index in [9.17, 15) is 14.7 Å². The van der Waals surface area contributed by atoms with Crippen LogP contribution in [0, 0.1) is 6.92 Å². The van der Waals surface area contributed by atoms with Gasteiger partial charge in [-0.2, -0.15) is 0 Å². The van der Waals surface area contributed by atoms with Crippen molar-refractivity contribution in [2.75, 3.05) is 11.5 Å². The van der Waals surface area contributed by atoms with Gasteiger partial charge in [0.25, 0.3) is 5.91 Å². The van der Waals surface area contributed by atoms with Crippen LogP contribution < -0.4 is 9.64 Å². The summed E-state index contributed by atoms with van der Waals surface area (Å²) >= 11 is 2.73. The first-order valence-corrected chi connectivity index (χ1v) is 14.4. The van der Waals surface area contributed by atoms with E-state index < -0.39 is 23.5 Å². The molecule has 0 radical (unpaired) electrons. The quantitative estimate of drug-likeness (QED) is 0.0934. The smallest absolute Gasteiger partial charge is 0.296 e. The normalized spacial score (nSPS) is 15.3. The fourth-order valence-electron chi connectivity index (χ4n) is 4.23. The second kappa shape index (κ2) is 11.9. The summed E-state index contributed by atoms with van der Waals surface area (Å²) in [6, 6.07) is 19.4. The van der Waals surface area contributed by atoms with Crippen molar-refractivity contribution in [3.8, 4) is 5.75 Å². The molecular formula is C29H27N3O5S2. The van der Waals surface area contributed by atoms with Gasteiger partial charge in [0.05, 0.1) is 18.2 Å². The number of hydrogen-bond acceptors (Lipinski definition) is 9. The van der Waals surface area contributed by atoms with Gasteiger partial charge >= 0.3 is 0 Å². The number of ketones is 1. The fraction of sp³-hybridized carbons (Fsp3) is 0.241. The van der Waals surface area contributed by atoms with Gasteiger partial charge in [0.2, 0.25) is 10.9 Å². The summed E-state index contributed by atoms with van der Waals surface area (Å²) in [6.45, 7) is 4.35. The third-order valence-corrected chi connectivity index (χ3v) is 8.29. The van der Waals surface area contributed by atoms with Gasteiger partial charge in [-0.05, 0) is 48.7 Å². The average molecular weight is 562 g/mol. The molecule has 39 heavy (non-hydrogen) atoms. The number of benzene rings is 2. The minimum Gasteiger partial charge on any atom is -0.503 e. The Hall–Kier alpha value is -3.89. The minimum absolute atomic E-state index is 0.0421. The number of aryl methyl sites for hydroxylation is 1. The monoisotopic (exact) mass is 561 g/mol. The highest BCUT2D eigenvalue weighted by Gasteiger charge is 2.46. The summed E-state index contributed by atoms with van der Waals surface area (Å²) in [7, 11) is 0. The van der Waals surface area contributed by atoms with E-state index in [2.05, 4.69) is 17.1 Å². The Kier molecular flexibility index (Phi) is 8.13. The number of ether oxygens (including phenoxy) is 1. The Morgan fingerprint density at radius 3 is 2.69 bits per heavy atom. The van der Waals surface area contributed by atoms with E-state index in [1.807, 2.05) is 36.4 Å². The van der Waals surface area contributed by atoms with Crippen LogP contribution in [-0.2, 0) is 10.5 Å². The summed E-state index contributed by atoms with van der Waals surface area (Å²) < 4.78 is 12.1. The lowest BCUT2D eigenvalue weighted by Crippen LogP contribution is -2.31. The van der Waals surface area contributed by atoms with E-state index in [0.29, 0.717) is 33.8 Å². The van der Waals surface area contributed by atoms with Gasteiger partial charge in [-0.1, -0.05) is 78.9 Å². The molecule has 10 heteroatoms. The van der Waals surface area contributed by atoms with Crippen LogP contribution in [0.15, 0.2) is 86.8 Å². The summed E-state index contributed by atoms with van der Waals surface area (Å²) in [5.41, 5.74) is 1.66. The minimum atomic E-state index is -0.940. The molecule has 2 aromatic heterocycles. The van der Waals surface area contributed by atoms with Crippen LogP contribution in [0.4, 0.5) is 5.13 Å². The highest BCUT2D eigenvalue weighted by atomic mass is 32.2. The maximum atomic E-state index is 13.6. The number of thioether (sulfide) groups is 1. The Bertz CT molecular complexity index is 1510. The predicted molar refractivity (Wildman–Crippen MR) is 150 cm³/mol. The van der Waals surface area contributed by atoms with E-state index >= 15 is 0 Å². The molecule has 0 saturated heterocycles. The SMILES string of the molecule is CCCCOc1cccc(C2C(C(=O)c3ccc(C)o3)=C(O)C(=O)N2c2nnc(SCc3ccccc3)s2)c1. The van der Waals surface area contributed by atoms with Gasteiger partial charge in [-0.3, -0.25) is 14.5 Å². The lowest BCUT2D eigenvalue weighted by molar-refractivity contribution is -0.117. The Labute approximate surface area is 234 Å². The first kappa shape index (κ1) is 26.7. The maximum Gasteiger partial charge on any atom is 0.296 e. The number of carbonyl (C=O) groups excluding carboxylic acids is 2. The molecule has 200 valence electrons. The molecule has 1 aliphatic heterocycles. The second-order valence-electron chi connectivity index (χ2n) is 8.98. The molecule has 5 rings (SSSR count). The lowest BCUT2D eigenvalue weighted by Gasteiger charge is -2.24. The van der Waals surface area contributed by atoms with Crippen molar-refractivity contribution in [2.24, 2.45) is 0 Å². The van der Waals surface area contributed by atoms with Gasteiger partial charge < -0.3 is 14.3 Å². The third kappa shape index (κ3) is 5.76. The van der Waals surface area contributed by atoms with Crippen LogP contribution >= 0.6 is 23.1 Å². The largest absolute Gasteiger partial charge is 0.503 e. The molecule has 0 bridgehead atoms. The first-order chi connectivity index (χ1) is 19.0. The predicted octanol–water partition coefficient (Wildman–Crippen LogP) is 6.69.